The number of rotatable bonds is 6. The predicted molar refractivity (Wildman–Crippen MR) is 84.2 cm³/mol. The number of aliphatic hydroxyl groups excluding tert-OH is 1. The summed E-state index contributed by atoms with van der Waals surface area (Å²) in [5.74, 6) is -1.12. The van der Waals surface area contributed by atoms with E-state index in [2.05, 4.69) is 0 Å². The minimum Gasteiger partial charge on any atom is -0.389 e. The van der Waals surface area contributed by atoms with Gasteiger partial charge in [-0.15, -0.1) is 0 Å². The van der Waals surface area contributed by atoms with E-state index in [9.17, 15) is 19.1 Å². The zero-order chi connectivity index (χ0) is 17.1. The minimum atomic E-state index is -0.968. The highest BCUT2D eigenvalue weighted by molar-refractivity contribution is 6.05. The summed E-state index contributed by atoms with van der Waals surface area (Å²) in [6.45, 7) is -0.0699. The van der Waals surface area contributed by atoms with E-state index in [1.165, 1.54) is 11.0 Å². The first-order valence-corrected chi connectivity index (χ1v) is 8.42. The Morgan fingerprint density at radius 2 is 1.79 bits per heavy atom. The molecule has 1 aliphatic heterocycles. The second-order valence-electron chi connectivity index (χ2n) is 6.54. The molecule has 2 aliphatic rings. The number of fused-ring (bicyclic) bond motifs is 1. The lowest BCUT2D eigenvalue weighted by atomic mass is 9.81. The van der Waals surface area contributed by atoms with Crippen molar-refractivity contribution in [2.45, 2.75) is 38.4 Å². The van der Waals surface area contributed by atoms with Crippen LogP contribution in [0.2, 0.25) is 0 Å². The van der Waals surface area contributed by atoms with Crippen molar-refractivity contribution in [1.29, 1.82) is 0 Å². The second-order valence-corrected chi connectivity index (χ2v) is 6.54. The van der Waals surface area contributed by atoms with Crippen LogP contribution >= 0.6 is 0 Å². The summed E-state index contributed by atoms with van der Waals surface area (Å²) in [6, 6.07) is 6.26. The molecule has 2 amide bonds. The van der Waals surface area contributed by atoms with Gasteiger partial charge in [0.1, 0.15) is 5.82 Å². The van der Waals surface area contributed by atoms with Crippen LogP contribution in [0.1, 0.15) is 31.2 Å². The summed E-state index contributed by atoms with van der Waals surface area (Å²) in [5, 5.41) is 10.1. The van der Waals surface area contributed by atoms with Crippen molar-refractivity contribution < 1.29 is 23.8 Å². The van der Waals surface area contributed by atoms with Crippen molar-refractivity contribution in [3.05, 3.63) is 35.6 Å². The number of carbonyl (C=O) groups is 2. The summed E-state index contributed by atoms with van der Waals surface area (Å²) in [5.41, 5.74) is 0.407. The molecule has 24 heavy (non-hydrogen) atoms. The molecule has 5 nitrogen and oxygen atoms in total. The molecule has 1 aromatic rings. The summed E-state index contributed by atoms with van der Waals surface area (Å²) in [7, 11) is 0. The molecule has 2 fully saturated rings. The molecule has 1 heterocycles. The Hall–Kier alpha value is -1.79. The largest absolute Gasteiger partial charge is 0.389 e. The Balaban J connectivity index is 1.50. The molecule has 3 atom stereocenters. The van der Waals surface area contributed by atoms with Gasteiger partial charge >= 0.3 is 0 Å². The molecule has 1 aliphatic carbocycles. The average Bonchev–Trinajstić information content (AvgIpc) is 2.82. The highest BCUT2D eigenvalue weighted by Gasteiger charge is 2.48. The molecule has 1 saturated heterocycles. The molecule has 3 rings (SSSR count). The van der Waals surface area contributed by atoms with Crippen molar-refractivity contribution in [3.8, 4) is 0 Å². The van der Waals surface area contributed by atoms with Crippen molar-refractivity contribution in [1.82, 2.24) is 4.90 Å². The first-order valence-electron chi connectivity index (χ1n) is 8.42. The van der Waals surface area contributed by atoms with Crippen LogP contribution in [0.5, 0.6) is 0 Å². The van der Waals surface area contributed by atoms with E-state index in [1.54, 1.807) is 18.2 Å². The smallest absolute Gasteiger partial charge is 0.233 e. The SMILES string of the molecule is O=C1[C@H]2CCCC[C@H]2C(=O)N1C[C@H](O)COCc1ccccc1F. The van der Waals surface area contributed by atoms with Gasteiger partial charge in [-0.25, -0.2) is 4.39 Å². The lowest BCUT2D eigenvalue weighted by molar-refractivity contribution is -0.142. The summed E-state index contributed by atoms with van der Waals surface area (Å²) < 4.78 is 18.8. The van der Waals surface area contributed by atoms with Gasteiger partial charge in [0.15, 0.2) is 0 Å². The van der Waals surface area contributed by atoms with Crippen molar-refractivity contribution >= 4 is 11.8 Å². The fraction of sp³-hybridized carbons (Fsp3) is 0.556. The molecule has 130 valence electrons. The van der Waals surface area contributed by atoms with E-state index >= 15 is 0 Å². The van der Waals surface area contributed by atoms with Crippen LogP contribution in [-0.2, 0) is 20.9 Å². The quantitative estimate of drug-likeness (QED) is 0.806. The molecule has 0 spiro atoms. The number of benzene rings is 1. The van der Waals surface area contributed by atoms with Crippen LogP contribution in [0.15, 0.2) is 24.3 Å². The molecule has 0 aromatic heterocycles. The first kappa shape index (κ1) is 17.0. The van der Waals surface area contributed by atoms with E-state index in [0.29, 0.717) is 5.56 Å². The lowest BCUT2D eigenvalue weighted by Gasteiger charge is -2.19. The Bertz CT molecular complexity index is 597. The normalized spacial score (nSPS) is 25.0. The zero-order valence-electron chi connectivity index (χ0n) is 13.5. The number of likely N-dealkylation sites (tertiary alicyclic amines) is 1. The predicted octanol–water partition coefficient (Wildman–Crippen LogP) is 1.88. The molecule has 6 heteroatoms. The number of β-amino-alcohol motifs (C(OH)–C–C–N with tert-alkyl or cyclic N) is 1. The fourth-order valence-corrected chi connectivity index (χ4v) is 3.59. The zero-order valence-corrected chi connectivity index (χ0v) is 13.5. The Morgan fingerprint density at radius 1 is 1.17 bits per heavy atom. The molecule has 0 radical (unpaired) electrons. The standard InChI is InChI=1S/C18H22FNO4/c19-16-8-4-1-5-12(16)10-24-11-13(21)9-20-17(22)14-6-2-3-7-15(14)18(20)23/h1,4-5,8,13-15,21H,2-3,6-7,9-11H2/t13-,14-,15+/m0/s1. The third kappa shape index (κ3) is 3.49. The number of carbonyl (C=O) groups excluding carboxylic acids is 2. The van der Waals surface area contributed by atoms with E-state index in [1.807, 2.05) is 0 Å². The Labute approximate surface area is 140 Å². The van der Waals surface area contributed by atoms with Crippen LogP contribution in [0.3, 0.4) is 0 Å². The van der Waals surface area contributed by atoms with Gasteiger partial charge in [-0.2, -0.15) is 0 Å². The van der Waals surface area contributed by atoms with Crippen molar-refractivity contribution in [3.63, 3.8) is 0 Å². The summed E-state index contributed by atoms with van der Waals surface area (Å²) >= 11 is 0. The van der Waals surface area contributed by atoms with Gasteiger partial charge in [-0.3, -0.25) is 14.5 Å². The van der Waals surface area contributed by atoms with Gasteiger partial charge in [0, 0.05) is 5.56 Å². The molecular weight excluding hydrogens is 313 g/mol. The maximum absolute atomic E-state index is 13.5. The van der Waals surface area contributed by atoms with E-state index in [-0.39, 0.29) is 49.2 Å². The Kier molecular flexibility index (Phi) is 5.26. The maximum atomic E-state index is 13.5. The lowest BCUT2D eigenvalue weighted by Crippen LogP contribution is -2.39. The maximum Gasteiger partial charge on any atom is 0.233 e. The number of ether oxygens (including phenoxy) is 1. The van der Waals surface area contributed by atoms with Gasteiger partial charge in [0.25, 0.3) is 0 Å². The van der Waals surface area contributed by atoms with E-state index in [0.717, 1.165) is 25.7 Å². The van der Waals surface area contributed by atoms with E-state index in [4.69, 9.17) is 4.74 Å². The number of hydrogen-bond acceptors (Lipinski definition) is 4. The number of nitrogens with zero attached hydrogens (tertiary/aromatic N) is 1. The van der Waals surface area contributed by atoms with Gasteiger partial charge < -0.3 is 9.84 Å². The number of amides is 2. The average molecular weight is 335 g/mol. The van der Waals surface area contributed by atoms with Gasteiger partial charge in [-0.1, -0.05) is 31.0 Å². The number of aliphatic hydroxyl groups is 1. The van der Waals surface area contributed by atoms with E-state index < -0.39 is 6.10 Å². The van der Waals surface area contributed by atoms with Crippen molar-refractivity contribution in [2.24, 2.45) is 11.8 Å². The highest BCUT2D eigenvalue weighted by atomic mass is 19.1. The van der Waals surface area contributed by atoms with Gasteiger partial charge in [0.05, 0.1) is 37.7 Å². The van der Waals surface area contributed by atoms with Crippen LogP contribution in [0.25, 0.3) is 0 Å². The van der Waals surface area contributed by atoms with Crippen molar-refractivity contribution in [2.75, 3.05) is 13.2 Å². The second kappa shape index (κ2) is 7.40. The third-order valence-electron chi connectivity index (χ3n) is 4.85. The van der Waals surface area contributed by atoms with Gasteiger partial charge in [0.2, 0.25) is 11.8 Å². The molecule has 1 aromatic carbocycles. The number of imide groups is 1. The van der Waals surface area contributed by atoms with Crippen LogP contribution in [-0.4, -0.2) is 41.1 Å². The number of hydrogen-bond donors (Lipinski definition) is 1. The first-order chi connectivity index (χ1) is 11.6. The monoisotopic (exact) mass is 335 g/mol. The summed E-state index contributed by atoms with van der Waals surface area (Å²) in [4.78, 5) is 25.8. The Morgan fingerprint density at radius 3 is 2.42 bits per heavy atom. The third-order valence-corrected chi connectivity index (χ3v) is 4.85. The highest BCUT2D eigenvalue weighted by Crippen LogP contribution is 2.37. The van der Waals surface area contributed by atoms with Gasteiger partial charge in [-0.05, 0) is 18.9 Å². The van der Waals surface area contributed by atoms with Crippen LogP contribution in [0, 0.1) is 17.7 Å². The molecule has 0 unspecified atom stereocenters. The topological polar surface area (TPSA) is 66.8 Å². The van der Waals surface area contributed by atoms with Crippen LogP contribution in [0.4, 0.5) is 4.39 Å². The fourth-order valence-electron chi connectivity index (χ4n) is 3.59. The molecule has 1 N–H and O–H groups in total. The molecule has 1 saturated carbocycles. The molecular formula is C18H22FNO4. The number of halogens is 1. The molecule has 0 bridgehead atoms. The summed E-state index contributed by atoms with van der Waals surface area (Å²) in [6.07, 6.45) is 2.49. The minimum absolute atomic E-state index is 0.0386. The van der Waals surface area contributed by atoms with Crippen LogP contribution < -0.4 is 0 Å².